The van der Waals surface area contributed by atoms with Gasteiger partial charge in [-0.2, -0.15) is 0 Å². The van der Waals surface area contributed by atoms with Gasteiger partial charge >= 0.3 is 5.97 Å². The maximum atomic E-state index is 12.0. The van der Waals surface area contributed by atoms with Gasteiger partial charge in [0.1, 0.15) is 6.10 Å². The van der Waals surface area contributed by atoms with Crippen molar-refractivity contribution >= 4 is 12.0 Å². The van der Waals surface area contributed by atoms with Crippen LogP contribution in [0.25, 0.3) is 6.08 Å². The number of ether oxygens (including phenoxy) is 4. The minimum absolute atomic E-state index is 0.0493. The van der Waals surface area contributed by atoms with Gasteiger partial charge in [-0.05, 0) is 43.9 Å². The molecule has 1 aliphatic carbocycles. The highest BCUT2D eigenvalue weighted by molar-refractivity contribution is 5.88. The zero-order valence-electron chi connectivity index (χ0n) is 14.0. The fraction of sp³-hybridized carbons (Fsp3) is 0.500. The highest BCUT2D eigenvalue weighted by Crippen LogP contribution is 2.40. The fourth-order valence-corrected chi connectivity index (χ4v) is 2.80. The minimum Gasteiger partial charge on any atom is -0.493 e. The topological polar surface area (TPSA) is 54.0 Å². The molecule has 5 heteroatoms. The minimum atomic E-state index is -0.325. The van der Waals surface area contributed by atoms with Crippen molar-refractivity contribution < 1.29 is 23.7 Å². The summed E-state index contributed by atoms with van der Waals surface area (Å²) >= 11 is 0. The van der Waals surface area contributed by atoms with E-state index in [1.807, 2.05) is 6.07 Å². The average molecular weight is 320 g/mol. The van der Waals surface area contributed by atoms with Gasteiger partial charge < -0.3 is 18.9 Å². The smallest absolute Gasteiger partial charge is 0.331 e. The van der Waals surface area contributed by atoms with Crippen LogP contribution >= 0.6 is 0 Å². The van der Waals surface area contributed by atoms with E-state index in [1.165, 1.54) is 12.5 Å². The summed E-state index contributed by atoms with van der Waals surface area (Å²) in [5.41, 5.74) is 0.728. The molecule has 0 unspecified atom stereocenters. The predicted octanol–water partition coefficient (Wildman–Crippen LogP) is 3.60. The van der Waals surface area contributed by atoms with E-state index in [4.69, 9.17) is 18.9 Å². The molecule has 0 saturated heterocycles. The van der Waals surface area contributed by atoms with E-state index >= 15 is 0 Å². The molecule has 0 radical (unpaired) electrons. The molecule has 23 heavy (non-hydrogen) atoms. The van der Waals surface area contributed by atoms with E-state index < -0.39 is 0 Å². The Balaban J connectivity index is 2.10. The summed E-state index contributed by atoms with van der Waals surface area (Å²) < 4.78 is 21.4. The standard InChI is InChI=1S/C18H24O5/c1-20-15-11-9-13(17(21-2)18(15)22-3)10-12-16(19)23-14-7-5-4-6-8-14/h9-12,14H,4-8H2,1-3H3. The Morgan fingerprint density at radius 3 is 2.30 bits per heavy atom. The number of hydrogen-bond acceptors (Lipinski definition) is 5. The van der Waals surface area contributed by atoms with Crippen molar-refractivity contribution in [3.05, 3.63) is 23.8 Å². The molecular formula is C18H24O5. The van der Waals surface area contributed by atoms with Crippen LogP contribution in [0.15, 0.2) is 18.2 Å². The van der Waals surface area contributed by atoms with Crippen molar-refractivity contribution in [1.29, 1.82) is 0 Å². The van der Waals surface area contributed by atoms with E-state index in [0.29, 0.717) is 17.2 Å². The monoisotopic (exact) mass is 320 g/mol. The molecule has 0 atom stereocenters. The Kier molecular flexibility index (Phi) is 6.32. The molecule has 1 aromatic rings. The van der Waals surface area contributed by atoms with Gasteiger partial charge in [-0.1, -0.05) is 6.42 Å². The Morgan fingerprint density at radius 2 is 1.70 bits per heavy atom. The van der Waals surface area contributed by atoms with Crippen LogP contribution < -0.4 is 14.2 Å². The third-order valence-corrected chi connectivity index (χ3v) is 3.97. The van der Waals surface area contributed by atoms with Gasteiger partial charge in [0.25, 0.3) is 0 Å². The molecule has 1 aromatic carbocycles. The van der Waals surface area contributed by atoms with Crippen LogP contribution in [0, 0.1) is 0 Å². The van der Waals surface area contributed by atoms with Gasteiger partial charge in [-0.25, -0.2) is 4.79 Å². The van der Waals surface area contributed by atoms with Gasteiger partial charge in [-0.3, -0.25) is 0 Å². The number of methoxy groups -OCH3 is 3. The number of benzene rings is 1. The normalized spacial score (nSPS) is 15.4. The third-order valence-electron chi connectivity index (χ3n) is 3.97. The van der Waals surface area contributed by atoms with E-state index in [2.05, 4.69) is 0 Å². The van der Waals surface area contributed by atoms with Gasteiger partial charge in [0.05, 0.1) is 21.3 Å². The molecule has 0 aliphatic heterocycles. The van der Waals surface area contributed by atoms with Crippen molar-refractivity contribution in [2.45, 2.75) is 38.2 Å². The number of rotatable bonds is 6. The molecule has 0 amide bonds. The summed E-state index contributed by atoms with van der Waals surface area (Å²) in [7, 11) is 4.66. The molecule has 1 aliphatic rings. The highest BCUT2D eigenvalue weighted by atomic mass is 16.5. The molecule has 5 nitrogen and oxygen atoms in total. The van der Waals surface area contributed by atoms with E-state index in [9.17, 15) is 4.79 Å². The van der Waals surface area contributed by atoms with Crippen LogP contribution in [0.4, 0.5) is 0 Å². The average Bonchev–Trinajstić information content (AvgIpc) is 2.59. The Hall–Kier alpha value is -2.17. The largest absolute Gasteiger partial charge is 0.493 e. The molecule has 0 N–H and O–H groups in total. The second-order valence-electron chi connectivity index (χ2n) is 5.45. The van der Waals surface area contributed by atoms with E-state index in [1.54, 1.807) is 33.5 Å². The van der Waals surface area contributed by atoms with Crippen LogP contribution in [-0.2, 0) is 9.53 Å². The first-order valence-corrected chi connectivity index (χ1v) is 7.87. The first-order chi connectivity index (χ1) is 11.2. The quantitative estimate of drug-likeness (QED) is 0.592. The van der Waals surface area contributed by atoms with Crippen LogP contribution in [0.5, 0.6) is 17.2 Å². The summed E-state index contributed by atoms with van der Waals surface area (Å²) in [5.74, 6) is 1.27. The first-order valence-electron chi connectivity index (χ1n) is 7.87. The van der Waals surface area contributed by atoms with E-state index in [0.717, 1.165) is 31.2 Å². The molecule has 0 heterocycles. The lowest BCUT2D eigenvalue weighted by atomic mass is 9.98. The summed E-state index contributed by atoms with van der Waals surface area (Å²) in [5, 5.41) is 0. The predicted molar refractivity (Wildman–Crippen MR) is 88.1 cm³/mol. The molecule has 2 rings (SSSR count). The number of carbonyl (C=O) groups is 1. The molecule has 126 valence electrons. The van der Waals surface area contributed by atoms with Gasteiger partial charge in [0.2, 0.25) is 5.75 Å². The second kappa shape index (κ2) is 8.46. The second-order valence-corrected chi connectivity index (χ2v) is 5.45. The van der Waals surface area contributed by atoms with Crippen LogP contribution in [0.3, 0.4) is 0 Å². The van der Waals surface area contributed by atoms with Crippen molar-refractivity contribution in [3.8, 4) is 17.2 Å². The van der Waals surface area contributed by atoms with Crippen molar-refractivity contribution in [3.63, 3.8) is 0 Å². The number of carbonyl (C=O) groups excluding carboxylic acids is 1. The summed E-state index contributed by atoms with van der Waals surface area (Å²) in [6.07, 6.45) is 8.56. The number of esters is 1. The van der Waals surface area contributed by atoms with Gasteiger partial charge in [0.15, 0.2) is 11.5 Å². The molecule has 0 bridgehead atoms. The molecule has 1 saturated carbocycles. The van der Waals surface area contributed by atoms with Crippen molar-refractivity contribution in [2.24, 2.45) is 0 Å². The molecule has 0 aromatic heterocycles. The zero-order chi connectivity index (χ0) is 16.7. The van der Waals surface area contributed by atoms with Crippen LogP contribution in [-0.4, -0.2) is 33.4 Å². The summed E-state index contributed by atoms with van der Waals surface area (Å²) in [6.45, 7) is 0. The Bertz CT molecular complexity index is 559. The summed E-state index contributed by atoms with van der Waals surface area (Å²) in [4.78, 5) is 12.0. The maximum absolute atomic E-state index is 12.0. The molecule has 0 spiro atoms. The third kappa shape index (κ3) is 4.41. The van der Waals surface area contributed by atoms with Gasteiger partial charge in [0, 0.05) is 11.6 Å². The molecule has 1 fully saturated rings. The van der Waals surface area contributed by atoms with Gasteiger partial charge in [-0.15, -0.1) is 0 Å². The van der Waals surface area contributed by atoms with E-state index in [-0.39, 0.29) is 12.1 Å². The zero-order valence-corrected chi connectivity index (χ0v) is 14.0. The van der Waals surface area contributed by atoms with Crippen molar-refractivity contribution in [2.75, 3.05) is 21.3 Å². The lowest BCUT2D eigenvalue weighted by Gasteiger charge is -2.21. The first kappa shape index (κ1) is 17.2. The summed E-state index contributed by atoms with van der Waals surface area (Å²) in [6, 6.07) is 3.58. The lowest BCUT2D eigenvalue weighted by Crippen LogP contribution is -2.19. The number of hydrogen-bond donors (Lipinski definition) is 0. The van der Waals surface area contributed by atoms with Crippen molar-refractivity contribution in [1.82, 2.24) is 0 Å². The van der Waals surface area contributed by atoms with Crippen LogP contribution in [0.1, 0.15) is 37.7 Å². The Morgan fingerprint density at radius 1 is 1.00 bits per heavy atom. The maximum Gasteiger partial charge on any atom is 0.331 e. The molecular weight excluding hydrogens is 296 g/mol. The lowest BCUT2D eigenvalue weighted by molar-refractivity contribution is -0.144. The highest BCUT2D eigenvalue weighted by Gasteiger charge is 2.17. The Labute approximate surface area is 137 Å². The SMILES string of the molecule is COc1ccc(C=CC(=O)OC2CCCCC2)c(OC)c1OC. The van der Waals surface area contributed by atoms with Crippen LogP contribution in [0.2, 0.25) is 0 Å². The fourth-order valence-electron chi connectivity index (χ4n) is 2.80.